The van der Waals surface area contributed by atoms with Crippen LogP contribution < -0.4 is 5.32 Å². The number of hydrogen-bond donors (Lipinski definition) is 1. The molecule has 0 saturated carbocycles. The van der Waals surface area contributed by atoms with Gasteiger partial charge in [0.1, 0.15) is 0 Å². The van der Waals surface area contributed by atoms with Gasteiger partial charge < -0.3 is 5.32 Å². The highest BCUT2D eigenvalue weighted by Gasteiger charge is 2.22. The summed E-state index contributed by atoms with van der Waals surface area (Å²) >= 11 is 3.53. The summed E-state index contributed by atoms with van der Waals surface area (Å²) in [6.07, 6.45) is 6.07. The Labute approximate surface area is 116 Å². The van der Waals surface area contributed by atoms with Crippen molar-refractivity contribution in [2.75, 3.05) is 5.32 Å². The van der Waals surface area contributed by atoms with Crippen LogP contribution in [0, 0.1) is 6.92 Å². The average molecular weight is 303 g/mol. The van der Waals surface area contributed by atoms with E-state index in [0.717, 1.165) is 18.5 Å². The molecule has 0 radical (unpaired) electrons. The number of halogens is 1. The van der Waals surface area contributed by atoms with Crippen LogP contribution in [0.25, 0.3) is 0 Å². The first-order valence-corrected chi connectivity index (χ1v) is 6.98. The third-order valence-electron chi connectivity index (χ3n) is 3.40. The van der Waals surface area contributed by atoms with Crippen LogP contribution in [-0.4, -0.2) is 4.98 Å². The summed E-state index contributed by atoms with van der Waals surface area (Å²) in [6, 6.07) is 9.12. The maximum absolute atomic E-state index is 4.23. The number of aryl methyl sites for hydroxylation is 2. The van der Waals surface area contributed by atoms with Gasteiger partial charge in [-0.05, 0) is 54.7 Å². The predicted molar refractivity (Wildman–Crippen MR) is 77.8 cm³/mol. The largest absolute Gasteiger partial charge is 0.377 e. The SMILES string of the molecule is Cc1cncc(NC2CCc3cc(Br)ccc32)c1. The summed E-state index contributed by atoms with van der Waals surface area (Å²) in [6.45, 7) is 2.07. The van der Waals surface area contributed by atoms with Gasteiger partial charge in [0.2, 0.25) is 0 Å². The van der Waals surface area contributed by atoms with Crippen LogP contribution >= 0.6 is 15.9 Å². The Morgan fingerprint density at radius 2 is 2.17 bits per heavy atom. The second-order valence-electron chi connectivity index (χ2n) is 4.83. The van der Waals surface area contributed by atoms with Crippen LogP contribution in [0.5, 0.6) is 0 Å². The molecule has 2 aromatic rings. The van der Waals surface area contributed by atoms with Crippen LogP contribution in [0.15, 0.2) is 41.1 Å². The van der Waals surface area contributed by atoms with Crippen molar-refractivity contribution in [2.45, 2.75) is 25.8 Å². The molecule has 1 aromatic heterocycles. The van der Waals surface area contributed by atoms with Crippen molar-refractivity contribution in [3.63, 3.8) is 0 Å². The van der Waals surface area contributed by atoms with E-state index in [4.69, 9.17) is 0 Å². The predicted octanol–water partition coefficient (Wildman–Crippen LogP) is 4.25. The first kappa shape index (κ1) is 11.7. The van der Waals surface area contributed by atoms with Crippen LogP contribution in [0.2, 0.25) is 0 Å². The zero-order valence-corrected chi connectivity index (χ0v) is 11.9. The van der Waals surface area contributed by atoms with Gasteiger partial charge >= 0.3 is 0 Å². The molecular formula is C15H15BrN2. The molecule has 1 aliphatic carbocycles. The van der Waals surface area contributed by atoms with Gasteiger partial charge in [0.25, 0.3) is 0 Å². The quantitative estimate of drug-likeness (QED) is 0.897. The van der Waals surface area contributed by atoms with E-state index in [1.165, 1.54) is 21.2 Å². The highest BCUT2D eigenvalue weighted by atomic mass is 79.9. The molecule has 1 unspecified atom stereocenters. The van der Waals surface area contributed by atoms with Crippen molar-refractivity contribution in [3.05, 3.63) is 57.8 Å². The lowest BCUT2D eigenvalue weighted by Gasteiger charge is -2.15. The van der Waals surface area contributed by atoms with E-state index < -0.39 is 0 Å². The standard InChI is InChI=1S/C15H15BrN2/c1-10-6-13(9-17-8-10)18-15-5-2-11-7-12(16)3-4-14(11)15/h3-4,6-9,15,18H,2,5H2,1H3. The third kappa shape index (κ3) is 2.27. The molecule has 1 heterocycles. The summed E-state index contributed by atoms with van der Waals surface area (Å²) in [5.74, 6) is 0. The van der Waals surface area contributed by atoms with Gasteiger partial charge in [0.15, 0.2) is 0 Å². The third-order valence-corrected chi connectivity index (χ3v) is 3.89. The van der Waals surface area contributed by atoms with Crippen LogP contribution in [0.3, 0.4) is 0 Å². The average Bonchev–Trinajstić information content (AvgIpc) is 2.72. The Hall–Kier alpha value is -1.35. The van der Waals surface area contributed by atoms with E-state index in [9.17, 15) is 0 Å². The molecule has 1 atom stereocenters. The number of pyridine rings is 1. The summed E-state index contributed by atoms with van der Waals surface area (Å²) in [5.41, 5.74) is 5.16. The molecule has 2 nitrogen and oxygen atoms in total. The maximum atomic E-state index is 4.23. The summed E-state index contributed by atoms with van der Waals surface area (Å²) in [5, 5.41) is 3.58. The van der Waals surface area contributed by atoms with E-state index in [-0.39, 0.29) is 0 Å². The van der Waals surface area contributed by atoms with Crippen molar-refractivity contribution < 1.29 is 0 Å². The number of nitrogens with one attached hydrogen (secondary N) is 1. The minimum Gasteiger partial charge on any atom is -0.377 e. The maximum Gasteiger partial charge on any atom is 0.0534 e. The number of fused-ring (bicyclic) bond motifs is 1. The Morgan fingerprint density at radius 1 is 1.28 bits per heavy atom. The first-order valence-electron chi connectivity index (χ1n) is 6.19. The first-order chi connectivity index (χ1) is 8.72. The van der Waals surface area contributed by atoms with Crippen molar-refractivity contribution in [3.8, 4) is 0 Å². The Bertz CT molecular complexity index is 580. The number of hydrogen-bond acceptors (Lipinski definition) is 2. The Balaban J connectivity index is 1.85. The highest BCUT2D eigenvalue weighted by molar-refractivity contribution is 9.10. The van der Waals surface area contributed by atoms with E-state index in [1.807, 2.05) is 12.4 Å². The number of aromatic nitrogens is 1. The normalized spacial score (nSPS) is 17.6. The molecule has 18 heavy (non-hydrogen) atoms. The Kier molecular flexibility index (Phi) is 3.08. The Morgan fingerprint density at radius 3 is 3.00 bits per heavy atom. The van der Waals surface area contributed by atoms with Gasteiger partial charge in [-0.1, -0.05) is 22.0 Å². The minimum absolute atomic E-state index is 0.414. The van der Waals surface area contributed by atoms with Crippen molar-refractivity contribution in [2.24, 2.45) is 0 Å². The molecule has 0 saturated heterocycles. The molecule has 3 heteroatoms. The van der Waals surface area contributed by atoms with Crippen molar-refractivity contribution >= 4 is 21.6 Å². The molecule has 0 fully saturated rings. The van der Waals surface area contributed by atoms with E-state index in [2.05, 4.69) is 57.4 Å². The summed E-state index contributed by atoms with van der Waals surface area (Å²) in [7, 11) is 0. The van der Waals surface area contributed by atoms with Gasteiger partial charge in [-0.2, -0.15) is 0 Å². The van der Waals surface area contributed by atoms with Crippen molar-refractivity contribution in [1.29, 1.82) is 0 Å². The zero-order chi connectivity index (χ0) is 12.5. The highest BCUT2D eigenvalue weighted by Crippen LogP contribution is 2.35. The van der Waals surface area contributed by atoms with Crippen LogP contribution in [0.1, 0.15) is 29.2 Å². The monoisotopic (exact) mass is 302 g/mol. The molecule has 1 N–H and O–H groups in total. The molecule has 3 rings (SSSR count). The van der Waals surface area contributed by atoms with Crippen LogP contribution in [-0.2, 0) is 6.42 Å². The fourth-order valence-corrected chi connectivity index (χ4v) is 2.98. The summed E-state index contributed by atoms with van der Waals surface area (Å²) < 4.78 is 1.17. The van der Waals surface area contributed by atoms with Gasteiger partial charge in [0.05, 0.1) is 11.7 Å². The second kappa shape index (κ2) is 4.73. The lowest BCUT2D eigenvalue weighted by Crippen LogP contribution is -2.07. The molecule has 1 aromatic carbocycles. The number of nitrogens with zero attached hydrogens (tertiary/aromatic N) is 1. The molecule has 92 valence electrons. The fraction of sp³-hybridized carbons (Fsp3) is 0.267. The lowest BCUT2D eigenvalue weighted by molar-refractivity contribution is 0.761. The van der Waals surface area contributed by atoms with E-state index >= 15 is 0 Å². The lowest BCUT2D eigenvalue weighted by atomic mass is 10.1. The molecular weight excluding hydrogens is 288 g/mol. The van der Waals surface area contributed by atoms with Gasteiger partial charge in [-0.15, -0.1) is 0 Å². The molecule has 1 aliphatic rings. The number of benzene rings is 1. The zero-order valence-electron chi connectivity index (χ0n) is 10.3. The molecule has 0 bridgehead atoms. The van der Waals surface area contributed by atoms with Crippen LogP contribution in [0.4, 0.5) is 5.69 Å². The second-order valence-corrected chi connectivity index (χ2v) is 5.75. The molecule has 0 amide bonds. The number of rotatable bonds is 2. The van der Waals surface area contributed by atoms with Gasteiger partial charge in [-0.3, -0.25) is 4.98 Å². The smallest absolute Gasteiger partial charge is 0.0534 e. The molecule has 0 spiro atoms. The number of anilines is 1. The minimum atomic E-state index is 0.414. The topological polar surface area (TPSA) is 24.9 Å². The van der Waals surface area contributed by atoms with Crippen molar-refractivity contribution in [1.82, 2.24) is 4.98 Å². The summed E-state index contributed by atoms with van der Waals surface area (Å²) in [4.78, 5) is 4.23. The van der Waals surface area contributed by atoms with E-state index in [0.29, 0.717) is 6.04 Å². The molecule has 0 aliphatic heterocycles. The van der Waals surface area contributed by atoms with Gasteiger partial charge in [-0.25, -0.2) is 0 Å². The van der Waals surface area contributed by atoms with Gasteiger partial charge in [0, 0.05) is 16.9 Å². The fourth-order valence-electron chi connectivity index (χ4n) is 2.57. The van der Waals surface area contributed by atoms with E-state index in [1.54, 1.807) is 0 Å².